The molecule has 0 saturated heterocycles. The first-order valence-corrected chi connectivity index (χ1v) is 10.6. The van der Waals surface area contributed by atoms with Crippen LogP contribution >= 0.6 is 0 Å². The zero-order chi connectivity index (χ0) is 23.8. The highest BCUT2D eigenvalue weighted by atomic mass is 19.4. The number of unbranched alkanes of at least 4 members (excludes halogenated alkanes) is 3. The molecule has 1 heterocycles. The molecule has 5 nitrogen and oxygen atoms in total. The third kappa shape index (κ3) is 4.13. The van der Waals surface area contributed by atoms with Gasteiger partial charge in [-0.1, -0.05) is 37.1 Å². The first-order valence-electron chi connectivity index (χ1n) is 10.6. The molecule has 0 fully saturated rings. The number of carbonyl (C=O) groups is 1. The molecule has 3 aromatic rings. The first kappa shape index (κ1) is 23.0. The van der Waals surface area contributed by atoms with Crippen molar-refractivity contribution in [1.29, 1.82) is 0 Å². The first-order chi connectivity index (χ1) is 15.6. The summed E-state index contributed by atoms with van der Waals surface area (Å²) in [6, 6.07) is 7.58. The third-order valence-electron chi connectivity index (χ3n) is 5.96. The number of aryl methyl sites for hydroxylation is 1. The van der Waals surface area contributed by atoms with Crippen LogP contribution < -0.4 is 0 Å². The predicted octanol–water partition coefficient (Wildman–Crippen LogP) is 5.50. The summed E-state index contributed by atoms with van der Waals surface area (Å²) in [5, 5.41) is 23.7. The number of halogens is 4. The molecule has 2 aromatic carbocycles. The number of carboxylic acid groups (broad SMARTS) is 1. The Morgan fingerprint density at radius 3 is 2.48 bits per heavy atom. The minimum Gasteiger partial charge on any atom is -0.481 e. The van der Waals surface area contributed by atoms with Gasteiger partial charge >= 0.3 is 12.1 Å². The second-order valence-corrected chi connectivity index (χ2v) is 8.18. The van der Waals surface area contributed by atoms with Crippen LogP contribution in [-0.4, -0.2) is 32.1 Å². The van der Waals surface area contributed by atoms with Gasteiger partial charge < -0.3 is 10.2 Å². The lowest BCUT2D eigenvalue weighted by Crippen LogP contribution is -2.41. The van der Waals surface area contributed by atoms with Gasteiger partial charge in [0.2, 0.25) is 5.60 Å². The highest BCUT2D eigenvalue weighted by molar-refractivity contribution is 5.92. The van der Waals surface area contributed by atoms with Gasteiger partial charge in [-0.05, 0) is 41.7 Å². The van der Waals surface area contributed by atoms with E-state index in [9.17, 15) is 27.5 Å². The lowest BCUT2D eigenvalue weighted by molar-refractivity contribution is -0.246. The zero-order valence-corrected chi connectivity index (χ0v) is 17.6. The number of aliphatic hydroxyl groups is 1. The van der Waals surface area contributed by atoms with E-state index in [0.29, 0.717) is 18.5 Å². The minimum atomic E-state index is -5.04. The van der Waals surface area contributed by atoms with Crippen molar-refractivity contribution in [2.24, 2.45) is 0 Å². The van der Waals surface area contributed by atoms with E-state index in [1.165, 1.54) is 24.4 Å². The van der Waals surface area contributed by atoms with Gasteiger partial charge in [-0.3, -0.25) is 9.48 Å². The van der Waals surface area contributed by atoms with Gasteiger partial charge in [0.15, 0.2) is 0 Å². The molecule has 9 heteroatoms. The summed E-state index contributed by atoms with van der Waals surface area (Å²) in [5.74, 6) is -1.71. The topological polar surface area (TPSA) is 75.3 Å². The summed E-state index contributed by atoms with van der Waals surface area (Å²) in [6.07, 6.45) is 1.11. The zero-order valence-electron chi connectivity index (χ0n) is 17.6. The van der Waals surface area contributed by atoms with Gasteiger partial charge in [0.25, 0.3) is 0 Å². The number of alkyl halides is 3. The predicted molar refractivity (Wildman–Crippen MR) is 113 cm³/mol. The van der Waals surface area contributed by atoms with E-state index in [-0.39, 0.29) is 28.7 Å². The van der Waals surface area contributed by atoms with Crippen molar-refractivity contribution in [3.8, 4) is 22.3 Å². The average molecular weight is 462 g/mol. The Kier molecular flexibility index (Phi) is 6.00. The van der Waals surface area contributed by atoms with Gasteiger partial charge in [-0.2, -0.15) is 18.3 Å². The molecule has 1 aliphatic carbocycles. The lowest BCUT2D eigenvalue weighted by Gasteiger charge is -2.28. The fraction of sp³-hybridized carbons (Fsp3) is 0.333. The molecule has 1 unspecified atom stereocenters. The third-order valence-corrected chi connectivity index (χ3v) is 5.96. The smallest absolute Gasteiger partial charge is 0.425 e. The minimum absolute atomic E-state index is 0.127. The number of aliphatic carboxylic acids is 1. The van der Waals surface area contributed by atoms with Crippen molar-refractivity contribution >= 4 is 5.97 Å². The van der Waals surface area contributed by atoms with Crippen LogP contribution in [0.2, 0.25) is 0 Å². The summed E-state index contributed by atoms with van der Waals surface area (Å²) >= 11 is 0. The molecule has 0 radical (unpaired) electrons. The molecule has 0 bridgehead atoms. The van der Waals surface area contributed by atoms with Crippen LogP contribution in [0.25, 0.3) is 22.3 Å². The van der Waals surface area contributed by atoms with E-state index >= 15 is 0 Å². The van der Waals surface area contributed by atoms with Crippen LogP contribution in [0, 0.1) is 5.82 Å². The molecule has 33 heavy (non-hydrogen) atoms. The number of hydrogen-bond acceptors (Lipinski definition) is 3. The Labute approximate surface area is 187 Å². The van der Waals surface area contributed by atoms with Crippen molar-refractivity contribution < 1.29 is 32.6 Å². The van der Waals surface area contributed by atoms with Crippen LogP contribution in [0.5, 0.6) is 0 Å². The van der Waals surface area contributed by atoms with E-state index in [4.69, 9.17) is 5.11 Å². The Morgan fingerprint density at radius 1 is 1.03 bits per heavy atom. The Balaban J connectivity index is 1.65. The van der Waals surface area contributed by atoms with Gasteiger partial charge in [0.1, 0.15) is 5.82 Å². The van der Waals surface area contributed by atoms with E-state index in [2.05, 4.69) is 5.10 Å². The van der Waals surface area contributed by atoms with Crippen LogP contribution in [0.1, 0.15) is 43.2 Å². The van der Waals surface area contributed by atoms with E-state index < -0.39 is 29.1 Å². The number of benzene rings is 2. The molecule has 0 aliphatic heterocycles. The summed E-state index contributed by atoms with van der Waals surface area (Å²) in [6.45, 7) is 0.535. The number of aromatic nitrogens is 2. The monoisotopic (exact) mass is 462 g/mol. The van der Waals surface area contributed by atoms with Gasteiger partial charge in [0, 0.05) is 35.9 Å². The van der Waals surface area contributed by atoms with Crippen molar-refractivity contribution in [2.45, 2.75) is 50.4 Å². The Bertz CT molecular complexity index is 1190. The highest BCUT2D eigenvalue weighted by Crippen LogP contribution is 2.57. The SMILES string of the molecule is O=C(O)CCCCCCn1cc(-c2cc(F)cc3c2-c2ccccc2C3(O)C(F)(F)F)cn1. The maximum atomic E-state index is 14.5. The fourth-order valence-corrected chi connectivity index (χ4v) is 4.41. The van der Waals surface area contributed by atoms with Crippen molar-refractivity contribution in [2.75, 3.05) is 0 Å². The van der Waals surface area contributed by atoms with Crippen molar-refractivity contribution in [3.05, 3.63) is 65.7 Å². The number of rotatable bonds is 8. The molecule has 0 saturated carbocycles. The molecule has 1 aliphatic rings. The van der Waals surface area contributed by atoms with Crippen molar-refractivity contribution in [3.63, 3.8) is 0 Å². The Hall–Kier alpha value is -3.20. The molecular weight excluding hydrogens is 440 g/mol. The summed E-state index contributed by atoms with van der Waals surface area (Å²) in [7, 11) is 0. The summed E-state index contributed by atoms with van der Waals surface area (Å²) < 4.78 is 58.2. The lowest BCUT2D eigenvalue weighted by atomic mass is 9.89. The molecule has 4 rings (SSSR count). The maximum absolute atomic E-state index is 14.5. The molecular formula is C24H22F4N2O3. The van der Waals surface area contributed by atoms with Gasteiger partial charge in [-0.15, -0.1) is 0 Å². The second kappa shape index (κ2) is 8.62. The molecule has 174 valence electrons. The van der Waals surface area contributed by atoms with Crippen molar-refractivity contribution in [1.82, 2.24) is 9.78 Å². The van der Waals surface area contributed by atoms with Crippen LogP contribution in [0.4, 0.5) is 17.6 Å². The Morgan fingerprint density at radius 2 is 1.76 bits per heavy atom. The normalized spacial score (nSPS) is 17.1. The fourth-order valence-electron chi connectivity index (χ4n) is 4.41. The summed E-state index contributed by atoms with van der Waals surface area (Å²) in [5.41, 5.74) is -3.15. The highest BCUT2D eigenvalue weighted by Gasteiger charge is 2.61. The van der Waals surface area contributed by atoms with Crippen LogP contribution in [0.15, 0.2) is 48.8 Å². The van der Waals surface area contributed by atoms with E-state index in [1.54, 1.807) is 16.9 Å². The molecule has 1 aromatic heterocycles. The van der Waals surface area contributed by atoms with Gasteiger partial charge in [0.05, 0.1) is 6.20 Å². The molecule has 2 N–H and O–H groups in total. The average Bonchev–Trinajstić information content (AvgIpc) is 3.32. The number of hydrogen-bond donors (Lipinski definition) is 2. The quantitative estimate of drug-likeness (QED) is 0.342. The number of fused-ring (bicyclic) bond motifs is 3. The van der Waals surface area contributed by atoms with Crippen LogP contribution in [0.3, 0.4) is 0 Å². The second-order valence-electron chi connectivity index (χ2n) is 8.18. The van der Waals surface area contributed by atoms with E-state index in [1.807, 2.05) is 0 Å². The van der Waals surface area contributed by atoms with Crippen LogP contribution in [-0.2, 0) is 16.9 Å². The maximum Gasteiger partial charge on any atom is 0.425 e. The number of carboxylic acids is 1. The summed E-state index contributed by atoms with van der Waals surface area (Å²) in [4.78, 5) is 10.5. The molecule has 0 amide bonds. The molecule has 0 spiro atoms. The largest absolute Gasteiger partial charge is 0.481 e. The molecule has 1 atom stereocenters. The van der Waals surface area contributed by atoms with E-state index in [0.717, 1.165) is 31.4 Å². The number of nitrogens with zero attached hydrogens (tertiary/aromatic N) is 2. The van der Waals surface area contributed by atoms with Gasteiger partial charge in [-0.25, -0.2) is 4.39 Å². The standard InChI is InChI=1S/C24H22F4N2O3/c25-16-11-18(15-13-29-30(14-15)10-6-2-1-3-9-21(31)32)22-17-7-4-5-8-19(17)23(33,20(22)12-16)24(26,27)28/h4-5,7-8,11-14,33H,1-3,6,9-10H2,(H,31,32).